The highest BCUT2D eigenvalue weighted by Gasteiger charge is 2.05. The lowest BCUT2D eigenvalue weighted by molar-refractivity contribution is 0.629. The van der Waals surface area contributed by atoms with Gasteiger partial charge < -0.3 is 4.57 Å². The summed E-state index contributed by atoms with van der Waals surface area (Å²) in [6.07, 6.45) is 1.70. The zero-order valence-corrected chi connectivity index (χ0v) is 7.08. The average molecular weight is 174 g/mol. The van der Waals surface area contributed by atoms with Crippen molar-refractivity contribution in [2.24, 2.45) is 7.05 Å². The number of nitrogens with zero attached hydrogens (tertiary/aromatic N) is 2. The molecule has 13 heavy (non-hydrogen) atoms. The predicted octanol–water partition coefficient (Wildman–Crippen LogP) is 2.19. The van der Waals surface area contributed by atoms with Crippen molar-refractivity contribution in [2.75, 3.05) is 0 Å². The first kappa shape index (κ1) is 7.81. The van der Waals surface area contributed by atoms with Gasteiger partial charge in [-0.3, -0.25) is 0 Å². The molecule has 0 saturated carbocycles. The molecule has 2 aromatic rings. The minimum absolute atomic E-state index is 0.279. The summed E-state index contributed by atoms with van der Waals surface area (Å²) in [7, 11) is 1.79. The second-order valence-corrected chi connectivity index (χ2v) is 2.93. The summed E-state index contributed by atoms with van der Waals surface area (Å²) in [5.74, 6) is -0.279. The van der Waals surface area contributed by atoms with E-state index in [4.69, 9.17) is 5.26 Å². The van der Waals surface area contributed by atoms with E-state index in [2.05, 4.69) is 6.07 Å². The minimum atomic E-state index is -0.279. The van der Waals surface area contributed by atoms with Crippen molar-refractivity contribution in [1.29, 1.82) is 5.26 Å². The summed E-state index contributed by atoms with van der Waals surface area (Å²) < 4.78 is 14.6. The first-order valence-corrected chi connectivity index (χ1v) is 3.87. The molecule has 0 aliphatic carbocycles. The summed E-state index contributed by atoms with van der Waals surface area (Å²) in [6.45, 7) is 0. The lowest BCUT2D eigenvalue weighted by Crippen LogP contribution is -1.83. The third kappa shape index (κ3) is 1.07. The first-order valence-electron chi connectivity index (χ1n) is 3.87. The SMILES string of the molecule is Cn1cc(C#N)c2ccc(F)cc21. The smallest absolute Gasteiger partial charge is 0.125 e. The molecule has 1 aromatic heterocycles. The number of aryl methyl sites for hydroxylation is 1. The summed E-state index contributed by atoms with van der Waals surface area (Å²) >= 11 is 0. The maximum absolute atomic E-state index is 12.8. The average Bonchev–Trinajstić information content (AvgIpc) is 2.43. The van der Waals surface area contributed by atoms with Crippen LogP contribution in [0.4, 0.5) is 4.39 Å². The summed E-state index contributed by atoms with van der Waals surface area (Å²) in [4.78, 5) is 0. The van der Waals surface area contributed by atoms with Crippen molar-refractivity contribution < 1.29 is 4.39 Å². The molecular weight excluding hydrogens is 167 g/mol. The standard InChI is InChI=1S/C10H7FN2/c1-13-6-7(5-12)9-3-2-8(11)4-10(9)13/h2-4,6H,1H3. The molecule has 1 heterocycles. The van der Waals surface area contributed by atoms with Gasteiger partial charge in [-0.1, -0.05) is 0 Å². The number of nitriles is 1. The second kappa shape index (κ2) is 2.60. The highest BCUT2D eigenvalue weighted by molar-refractivity contribution is 5.86. The van der Waals surface area contributed by atoms with Crippen molar-refractivity contribution >= 4 is 10.9 Å². The lowest BCUT2D eigenvalue weighted by Gasteiger charge is -1.94. The van der Waals surface area contributed by atoms with Crippen molar-refractivity contribution in [2.45, 2.75) is 0 Å². The van der Waals surface area contributed by atoms with Gasteiger partial charge in [-0.25, -0.2) is 4.39 Å². The quantitative estimate of drug-likeness (QED) is 0.601. The topological polar surface area (TPSA) is 28.7 Å². The van der Waals surface area contributed by atoms with Crippen molar-refractivity contribution in [3.63, 3.8) is 0 Å². The maximum atomic E-state index is 12.8. The van der Waals surface area contributed by atoms with Crippen LogP contribution in [-0.4, -0.2) is 4.57 Å². The van der Waals surface area contributed by atoms with Crippen LogP contribution in [-0.2, 0) is 7.05 Å². The fourth-order valence-electron chi connectivity index (χ4n) is 1.45. The van der Waals surface area contributed by atoms with Gasteiger partial charge in [0.25, 0.3) is 0 Å². The van der Waals surface area contributed by atoms with Crippen molar-refractivity contribution in [3.8, 4) is 6.07 Å². The van der Waals surface area contributed by atoms with Crippen molar-refractivity contribution in [3.05, 3.63) is 35.8 Å². The van der Waals surface area contributed by atoms with Crippen LogP contribution < -0.4 is 0 Å². The number of halogens is 1. The molecule has 0 amide bonds. The second-order valence-electron chi connectivity index (χ2n) is 2.93. The lowest BCUT2D eigenvalue weighted by atomic mass is 10.2. The molecule has 0 radical (unpaired) electrons. The zero-order chi connectivity index (χ0) is 9.42. The van der Waals surface area contributed by atoms with Gasteiger partial charge in [-0.05, 0) is 18.2 Å². The molecule has 0 aliphatic heterocycles. The van der Waals surface area contributed by atoms with E-state index in [0.29, 0.717) is 5.56 Å². The fraction of sp³-hybridized carbons (Fsp3) is 0.100. The Bertz CT molecular complexity index is 505. The van der Waals surface area contributed by atoms with Crippen LogP contribution in [0.5, 0.6) is 0 Å². The molecule has 2 nitrogen and oxygen atoms in total. The third-order valence-corrected chi connectivity index (χ3v) is 2.07. The molecule has 0 aliphatic rings. The number of benzene rings is 1. The molecule has 1 aromatic carbocycles. The van der Waals surface area contributed by atoms with Crippen LogP contribution in [0.3, 0.4) is 0 Å². The molecule has 0 atom stereocenters. The zero-order valence-electron chi connectivity index (χ0n) is 7.08. The van der Waals surface area contributed by atoms with E-state index in [-0.39, 0.29) is 5.82 Å². The molecule has 0 fully saturated rings. The van der Waals surface area contributed by atoms with Gasteiger partial charge in [0.1, 0.15) is 11.9 Å². The van der Waals surface area contributed by atoms with Crippen LogP contribution in [0.25, 0.3) is 10.9 Å². The van der Waals surface area contributed by atoms with E-state index in [1.807, 2.05) is 0 Å². The fourth-order valence-corrected chi connectivity index (χ4v) is 1.45. The van der Waals surface area contributed by atoms with Crippen LogP contribution in [0, 0.1) is 17.1 Å². The minimum Gasteiger partial charge on any atom is -0.349 e. The Balaban J connectivity index is 2.90. The number of fused-ring (bicyclic) bond motifs is 1. The van der Waals surface area contributed by atoms with E-state index in [1.165, 1.54) is 12.1 Å². The molecule has 0 N–H and O–H groups in total. The van der Waals surface area contributed by atoms with E-state index in [1.54, 1.807) is 23.9 Å². The molecule has 0 unspecified atom stereocenters. The number of hydrogen-bond acceptors (Lipinski definition) is 1. The largest absolute Gasteiger partial charge is 0.349 e. The number of aromatic nitrogens is 1. The Morgan fingerprint density at radius 3 is 2.92 bits per heavy atom. The van der Waals surface area contributed by atoms with Gasteiger partial charge >= 0.3 is 0 Å². The number of rotatable bonds is 0. The van der Waals surface area contributed by atoms with Crippen LogP contribution in [0.1, 0.15) is 5.56 Å². The molecule has 2 rings (SSSR count). The van der Waals surface area contributed by atoms with Crippen LogP contribution in [0.2, 0.25) is 0 Å². The number of hydrogen-bond donors (Lipinski definition) is 0. The van der Waals surface area contributed by atoms with E-state index >= 15 is 0 Å². The summed E-state index contributed by atoms with van der Waals surface area (Å²) in [5, 5.41) is 9.56. The Morgan fingerprint density at radius 1 is 1.46 bits per heavy atom. The summed E-state index contributed by atoms with van der Waals surface area (Å²) in [5.41, 5.74) is 1.33. The molecule has 0 spiro atoms. The highest BCUT2D eigenvalue weighted by atomic mass is 19.1. The first-order chi connectivity index (χ1) is 6.22. The molecule has 0 saturated heterocycles. The highest BCUT2D eigenvalue weighted by Crippen LogP contribution is 2.20. The summed E-state index contributed by atoms with van der Waals surface area (Å²) in [6, 6.07) is 6.49. The normalized spacial score (nSPS) is 10.2. The van der Waals surface area contributed by atoms with Gasteiger partial charge in [0.05, 0.1) is 11.1 Å². The van der Waals surface area contributed by atoms with Gasteiger partial charge in [0, 0.05) is 18.6 Å². The van der Waals surface area contributed by atoms with Gasteiger partial charge in [-0.2, -0.15) is 5.26 Å². The van der Waals surface area contributed by atoms with E-state index in [0.717, 1.165) is 10.9 Å². The monoisotopic (exact) mass is 174 g/mol. The van der Waals surface area contributed by atoms with Gasteiger partial charge in [0.15, 0.2) is 0 Å². The van der Waals surface area contributed by atoms with Gasteiger partial charge in [-0.15, -0.1) is 0 Å². The molecule has 64 valence electrons. The third-order valence-electron chi connectivity index (χ3n) is 2.07. The Kier molecular flexibility index (Phi) is 1.56. The maximum Gasteiger partial charge on any atom is 0.125 e. The van der Waals surface area contributed by atoms with Crippen LogP contribution >= 0.6 is 0 Å². The van der Waals surface area contributed by atoms with Crippen LogP contribution in [0.15, 0.2) is 24.4 Å². The van der Waals surface area contributed by atoms with E-state index in [9.17, 15) is 4.39 Å². The van der Waals surface area contributed by atoms with Crippen molar-refractivity contribution in [1.82, 2.24) is 4.57 Å². The molecular formula is C10H7FN2. The Morgan fingerprint density at radius 2 is 2.23 bits per heavy atom. The van der Waals surface area contributed by atoms with E-state index < -0.39 is 0 Å². The molecule has 0 bridgehead atoms. The Hall–Kier alpha value is -1.82. The predicted molar refractivity (Wildman–Crippen MR) is 47.6 cm³/mol. The molecule has 3 heteroatoms. The van der Waals surface area contributed by atoms with Gasteiger partial charge in [0.2, 0.25) is 0 Å². The Labute approximate surface area is 74.8 Å².